The minimum absolute atomic E-state index is 0.170. The van der Waals surface area contributed by atoms with Gasteiger partial charge in [-0.1, -0.05) is 18.2 Å². The van der Waals surface area contributed by atoms with Crippen LogP contribution < -0.4 is 0 Å². The maximum Gasteiger partial charge on any atom is 0.409 e. The smallest absolute Gasteiger partial charge is 0.409 e. The highest BCUT2D eigenvalue weighted by atomic mass is 16.6. The monoisotopic (exact) mass is 436 g/mol. The second-order valence-corrected chi connectivity index (χ2v) is 9.44. The highest BCUT2D eigenvalue weighted by Gasteiger charge is 2.59. The summed E-state index contributed by atoms with van der Waals surface area (Å²) in [5.41, 5.74) is 2.56. The number of pyridine rings is 1. The van der Waals surface area contributed by atoms with Crippen LogP contribution in [0, 0.1) is 11.3 Å². The van der Waals surface area contributed by atoms with Crippen molar-refractivity contribution in [1.29, 1.82) is 0 Å². The molecule has 2 amide bonds. The van der Waals surface area contributed by atoms with E-state index < -0.39 is 0 Å². The summed E-state index contributed by atoms with van der Waals surface area (Å²) in [6, 6.07) is 10.6. The molecule has 3 fully saturated rings. The lowest BCUT2D eigenvalue weighted by molar-refractivity contribution is -0.135. The van der Waals surface area contributed by atoms with Gasteiger partial charge in [0.05, 0.1) is 12.1 Å². The molecule has 32 heavy (non-hydrogen) atoms. The van der Waals surface area contributed by atoms with Gasteiger partial charge in [0.2, 0.25) is 5.91 Å². The summed E-state index contributed by atoms with van der Waals surface area (Å²) in [5, 5.41) is 1.18. The fourth-order valence-electron chi connectivity index (χ4n) is 5.42. The van der Waals surface area contributed by atoms with E-state index >= 15 is 0 Å². The summed E-state index contributed by atoms with van der Waals surface area (Å²) in [4.78, 5) is 35.6. The van der Waals surface area contributed by atoms with Crippen molar-refractivity contribution in [2.24, 2.45) is 11.3 Å². The number of carbonyl (C=O) groups excluding carboxylic acids is 2. The van der Waals surface area contributed by atoms with Crippen LogP contribution in [-0.4, -0.2) is 77.6 Å². The maximum absolute atomic E-state index is 13.1. The number of hydrogen-bond donors (Lipinski definition) is 0. The molecule has 1 saturated carbocycles. The number of carbonyl (C=O) groups is 2. The summed E-state index contributed by atoms with van der Waals surface area (Å²) in [6.45, 7) is 7.60. The van der Waals surface area contributed by atoms with Gasteiger partial charge in [-0.05, 0) is 62.4 Å². The van der Waals surface area contributed by atoms with Crippen LogP contribution in [0.2, 0.25) is 0 Å². The average Bonchev–Trinajstić information content (AvgIpc) is 3.53. The Hall–Kier alpha value is -2.67. The first-order valence-corrected chi connectivity index (χ1v) is 11.8. The van der Waals surface area contributed by atoms with Gasteiger partial charge in [0.25, 0.3) is 0 Å². The van der Waals surface area contributed by atoms with Crippen molar-refractivity contribution in [3.05, 3.63) is 42.1 Å². The van der Waals surface area contributed by atoms with Crippen molar-refractivity contribution in [3.63, 3.8) is 0 Å². The summed E-state index contributed by atoms with van der Waals surface area (Å²) in [5.74, 6) is 0.464. The molecule has 5 rings (SSSR count). The molecule has 0 bridgehead atoms. The minimum Gasteiger partial charge on any atom is -0.450 e. The third kappa shape index (κ3) is 4.18. The number of rotatable bonds is 4. The molecule has 2 aliphatic heterocycles. The van der Waals surface area contributed by atoms with Crippen LogP contribution in [0.3, 0.4) is 0 Å². The molecule has 3 heterocycles. The zero-order valence-electron chi connectivity index (χ0n) is 18.8. The Morgan fingerprint density at radius 2 is 1.81 bits per heavy atom. The van der Waals surface area contributed by atoms with Crippen LogP contribution in [0.15, 0.2) is 36.5 Å². The van der Waals surface area contributed by atoms with Gasteiger partial charge in [-0.3, -0.25) is 14.7 Å². The molecule has 1 atom stereocenters. The number of amides is 2. The Bertz CT molecular complexity index is 994. The number of aromatic nitrogens is 1. The number of likely N-dealkylation sites (tertiary alicyclic amines) is 1. The normalized spacial score (nSPS) is 22.8. The Kier molecular flexibility index (Phi) is 5.76. The molecule has 1 aromatic carbocycles. The van der Waals surface area contributed by atoms with Crippen LogP contribution >= 0.6 is 0 Å². The van der Waals surface area contributed by atoms with E-state index in [2.05, 4.69) is 34.1 Å². The third-order valence-electron chi connectivity index (χ3n) is 7.53. The van der Waals surface area contributed by atoms with Crippen molar-refractivity contribution >= 4 is 22.9 Å². The Morgan fingerprint density at radius 1 is 1.06 bits per heavy atom. The first-order chi connectivity index (χ1) is 15.6. The standard InChI is InChI=1S/C25H32N4O3/c1-2-32-24(31)29-14-12-28(13-15-29)23(30)21-17-25(21)7-10-27(11-8-25)18-19-5-6-20-4-3-9-26-22(20)16-19/h3-6,9,16,21H,2,7-8,10-15,17-18H2,1H3/t21-/m1/s1. The molecule has 1 spiro atoms. The second kappa shape index (κ2) is 8.70. The number of hydrogen-bond acceptors (Lipinski definition) is 5. The quantitative estimate of drug-likeness (QED) is 0.737. The maximum atomic E-state index is 13.1. The lowest BCUT2D eigenvalue weighted by Gasteiger charge is -2.36. The van der Waals surface area contributed by atoms with E-state index in [0.717, 1.165) is 44.4 Å². The van der Waals surface area contributed by atoms with Crippen molar-refractivity contribution < 1.29 is 14.3 Å². The SMILES string of the molecule is CCOC(=O)N1CCN(C(=O)[C@H]2CC23CCN(Cc2ccc4cccnc4c2)CC3)CC1. The fourth-order valence-corrected chi connectivity index (χ4v) is 5.42. The summed E-state index contributed by atoms with van der Waals surface area (Å²) < 4.78 is 5.08. The molecule has 2 saturated heterocycles. The lowest BCUT2D eigenvalue weighted by Crippen LogP contribution is -2.51. The highest BCUT2D eigenvalue weighted by molar-refractivity contribution is 5.83. The van der Waals surface area contributed by atoms with Gasteiger partial charge in [-0.25, -0.2) is 4.79 Å². The predicted octanol–water partition coefficient (Wildman–Crippen LogP) is 3.14. The van der Waals surface area contributed by atoms with Gasteiger partial charge in [0.15, 0.2) is 0 Å². The number of piperazine rings is 1. The minimum atomic E-state index is -0.267. The van der Waals surface area contributed by atoms with Crippen LogP contribution in [0.25, 0.3) is 10.9 Å². The molecular formula is C25H32N4O3. The molecule has 170 valence electrons. The van der Waals surface area contributed by atoms with Gasteiger partial charge in [0.1, 0.15) is 0 Å². The van der Waals surface area contributed by atoms with E-state index in [1.54, 1.807) is 4.90 Å². The molecule has 7 heteroatoms. The fraction of sp³-hybridized carbons (Fsp3) is 0.560. The van der Waals surface area contributed by atoms with Crippen molar-refractivity contribution in [1.82, 2.24) is 19.7 Å². The van der Waals surface area contributed by atoms with Crippen LogP contribution in [-0.2, 0) is 16.1 Å². The van der Waals surface area contributed by atoms with Crippen LogP contribution in [0.4, 0.5) is 4.79 Å². The Labute approximate surface area is 189 Å². The highest BCUT2D eigenvalue weighted by Crippen LogP contribution is 2.60. The van der Waals surface area contributed by atoms with E-state index in [4.69, 9.17) is 4.74 Å². The van der Waals surface area contributed by atoms with Gasteiger partial charge < -0.3 is 14.5 Å². The van der Waals surface area contributed by atoms with Crippen LogP contribution in [0.1, 0.15) is 31.7 Å². The molecule has 7 nitrogen and oxygen atoms in total. The largest absolute Gasteiger partial charge is 0.450 e. The number of nitrogens with zero attached hydrogens (tertiary/aromatic N) is 4. The predicted molar refractivity (Wildman–Crippen MR) is 122 cm³/mol. The molecule has 0 radical (unpaired) electrons. The molecule has 1 aromatic heterocycles. The van der Waals surface area contributed by atoms with Crippen molar-refractivity contribution in [2.45, 2.75) is 32.7 Å². The van der Waals surface area contributed by atoms with E-state index in [1.807, 2.05) is 24.1 Å². The van der Waals surface area contributed by atoms with Crippen LogP contribution in [0.5, 0.6) is 0 Å². The summed E-state index contributed by atoms with van der Waals surface area (Å²) in [7, 11) is 0. The Balaban J connectivity index is 1.11. The average molecular weight is 437 g/mol. The molecule has 0 N–H and O–H groups in total. The van der Waals surface area contributed by atoms with Gasteiger partial charge >= 0.3 is 6.09 Å². The molecule has 0 unspecified atom stereocenters. The van der Waals surface area contributed by atoms with E-state index in [9.17, 15) is 9.59 Å². The zero-order valence-corrected chi connectivity index (χ0v) is 18.8. The number of ether oxygens (including phenoxy) is 1. The second-order valence-electron chi connectivity index (χ2n) is 9.44. The first kappa shape index (κ1) is 21.2. The molecular weight excluding hydrogens is 404 g/mol. The van der Waals surface area contributed by atoms with E-state index in [-0.39, 0.29) is 17.4 Å². The van der Waals surface area contributed by atoms with Gasteiger partial charge in [-0.2, -0.15) is 0 Å². The number of fused-ring (bicyclic) bond motifs is 1. The molecule has 3 aliphatic rings. The first-order valence-electron chi connectivity index (χ1n) is 11.8. The van der Waals surface area contributed by atoms with Gasteiger partial charge in [0, 0.05) is 50.2 Å². The van der Waals surface area contributed by atoms with E-state index in [0.29, 0.717) is 38.7 Å². The van der Waals surface area contributed by atoms with E-state index in [1.165, 1.54) is 10.9 Å². The van der Waals surface area contributed by atoms with Crippen molar-refractivity contribution in [2.75, 3.05) is 45.9 Å². The topological polar surface area (TPSA) is 66.0 Å². The third-order valence-corrected chi connectivity index (χ3v) is 7.53. The van der Waals surface area contributed by atoms with Gasteiger partial charge in [-0.15, -0.1) is 0 Å². The van der Waals surface area contributed by atoms with Crippen molar-refractivity contribution in [3.8, 4) is 0 Å². The molecule has 2 aromatic rings. The molecule has 1 aliphatic carbocycles. The summed E-state index contributed by atoms with van der Waals surface area (Å²) in [6.07, 6.45) is 4.79. The number of benzene rings is 1. The zero-order chi connectivity index (χ0) is 22.1. The lowest BCUT2D eigenvalue weighted by atomic mass is 9.90. The summed E-state index contributed by atoms with van der Waals surface area (Å²) >= 11 is 0. The Morgan fingerprint density at radius 3 is 2.56 bits per heavy atom. The number of piperidine rings is 1.